The molecule has 1 aliphatic rings. The summed E-state index contributed by atoms with van der Waals surface area (Å²) < 4.78 is 28.4. The molecule has 1 saturated carbocycles. The highest BCUT2D eigenvalue weighted by molar-refractivity contribution is 5.91. The quantitative estimate of drug-likeness (QED) is 0.591. The summed E-state index contributed by atoms with van der Waals surface area (Å²) in [6.45, 7) is -0.269. The predicted molar refractivity (Wildman–Crippen MR) is 71.6 cm³/mol. The van der Waals surface area contributed by atoms with Gasteiger partial charge in [-0.15, -0.1) is 0 Å². The van der Waals surface area contributed by atoms with Crippen molar-refractivity contribution in [2.45, 2.75) is 24.7 Å². The summed E-state index contributed by atoms with van der Waals surface area (Å²) in [5.41, 5.74) is 6.75. The minimum atomic E-state index is -2.48. The fourth-order valence-electron chi connectivity index (χ4n) is 2.15. The van der Waals surface area contributed by atoms with Crippen molar-refractivity contribution in [2.75, 3.05) is 25.5 Å². The van der Waals surface area contributed by atoms with Crippen LogP contribution in [-0.4, -0.2) is 32.1 Å². The number of hydrogen-bond acceptors (Lipinski definition) is 3. The molecule has 0 bridgehead atoms. The van der Waals surface area contributed by atoms with Crippen molar-refractivity contribution in [3.63, 3.8) is 0 Å². The lowest BCUT2D eigenvalue weighted by Gasteiger charge is -2.16. The van der Waals surface area contributed by atoms with Crippen molar-refractivity contribution in [1.29, 1.82) is 0 Å². The summed E-state index contributed by atoms with van der Waals surface area (Å²) >= 11 is 0. The second-order valence-electron chi connectivity index (χ2n) is 4.93. The molecule has 0 atom stereocenters. The molecule has 0 aromatic heterocycles. The lowest BCUT2D eigenvalue weighted by Crippen LogP contribution is -2.36. The smallest absolute Gasteiger partial charge is 0.261 e. The van der Waals surface area contributed by atoms with E-state index >= 15 is 0 Å². The number of carbonyl (C=O) groups excluding carboxylic acids is 1. The van der Waals surface area contributed by atoms with Crippen LogP contribution in [0.4, 0.5) is 14.5 Å². The van der Waals surface area contributed by atoms with Gasteiger partial charge >= 0.3 is 0 Å². The first-order chi connectivity index (χ1) is 9.54. The van der Waals surface area contributed by atoms with Crippen molar-refractivity contribution in [1.82, 2.24) is 5.32 Å². The minimum Gasteiger partial charge on any atom is -0.399 e. The van der Waals surface area contributed by atoms with Gasteiger partial charge in [0.1, 0.15) is 6.61 Å². The van der Waals surface area contributed by atoms with E-state index in [9.17, 15) is 13.6 Å². The number of halogens is 2. The topological polar surface area (TPSA) is 64.4 Å². The van der Waals surface area contributed by atoms with Crippen molar-refractivity contribution in [2.24, 2.45) is 0 Å². The highest BCUT2D eigenvalue weighted by Gasteiger charge is 2.50. The molecule has 6 heteroatoms. The molecule has 20 heavy (non-hydrogen) atoms. The molecule has 1 aliphatic carbocycles. The molecule has 1 amide bonds. The Morgan fingerprint density at radius 2 is 2.00 bits per heavy atom. The standard InChI is InChI=1S/C14H18F2N2O2/c15-12(16)9-20-8-7-18-13(19)14(5-6-14)10-1-3-11(17)4-2-10/h1-4,12H,5-9,17H2,(H,18,19). The van der Waals surface area contributed by atoms with Crippen LogP contribution in [0, 0.1) is 0 Å². The van der Waals surface area contributed by atoms with Gasteiger partial charge in [0.25, 0.3) is 6.43 Å². The van der Waals surface area contributed by atoms with E-state index in [-0.39, 0.29) is 19.1 Å². The lowest BCUT2D eigenvalue weighted by atomic mass is 9.95. The van der Waals surface area contributed by atoms with Crippen molar-refractivity contribution >= 4 is 11.6 Å². The number of ether oxygens (including phenoxy) is 1. The number of hydrogen-bond donors (Lipinski definition) is 2. The van der Waals surface area contributed by atoms with E-state index in [1.165, 1.54) is 0 Å². The van der Waals surface area contributed by atoms with Gasteiger partial charge in [-0.1, -0.05) is 12.1 Å². The van der Waals surface area contributed by atoms with Crippen LogP contribution in [0.25, 0.3) is 0 Å². The van der Waals surface area contributed by atoms with Crippen molar-refractivity contribution < 1.29 is 18.3 Å². The van der Waals surface area contributed by atoms with Crippen molar-refractivity contribution in [3.8, 4) is 0 Å². The summed E-state index contributed by atoms with van der Waals surface area (Å²) in [5.74, 6) is -0.0806. The number of alkyl halides is 2. The molecular weight excluding hydrogens is 266 g/mol. The number of nitrogen functional groups attached to an aromatic ring is 1. The molecule has 110 valence electrons. The van der Waals surface area contributed by atoms with E-state index in [0.29, 0.717) is 5.69 Å². The fourth-order valence-corrected chi connectivity index (χ4v) is 2.15. The summed E-state index contributed by atoms with van der Waals surface area (Å²) in [7, 11) is 0. The molecule has 1 aromatic rings. The number of benzene rings is 1. The third-order valence-corrected chi connectivity index (χ3v) is 3.42. The van der Waals surface area contributed by atoms with Crippen LogP contribution in [-0.2, 0) is 14.9 Å². The zero-order chi connectivity index (χ0) is 14.6. The van der Waals surface area contributed by atoms with Crippen LogP contribution >= 0.6 is 0 Å². The Labute approximate surface area is 116 Å². The Kier molecular flexibility index (Phi) is 4.54. The molecule has 0 radical (unpaired) electrons. The molecule has 0 spiro atoms. The molecule has 1 aromatic carbocycles. The Morgan fingerprint density at radius 3 is 2.55 bits per heavy atom. The van der Waals surface area contributed by atoms with Gasteiger partial charge in [0.15, 0.2) is 0 Å². The first-order valence-corrected chi connectivity index (χ1v) is 6.55. The highest BCUT2D eigenvalue weighted by atomic mass is 19.3. The zero-order valence-corrected chi connectivity index (χ0v) is 11.1. The fraction of sp³-hybridized carbons (Fsp3) is 0.500. The Balaban J connectivity index is 1.81. The van der Waals surface area contributed by atoms with Crippen LogP contribution in [0.15, 0.2) is 24.3 Å². The average molecular weight is 284 g/mol. The maximum Gasteiger partial charge on any atom is 0.261 e. The van der Waals surface area contributed by atoms with E-state index in [4.69, 9.17) is 10.5 Å². The second kappa shape index (κ2) is 6.17. The maximum atomic E-state index is 12.2. The van der Waals surface area contributed by atoms with Crippen LogP contribution in [0.1, 0.15) is 18.4 Å². The average Bonchev–Trinajstić information content (AvgIpc) is 3.20. The summed E-state index contributed by atoms with van der Waals surface area (Å²) in [6, 6.07) is 7.26. The minimum absolute atomic E-state index is 0.0806. The van der Waals surface area contributed by atoms with E-state index in [2.05, 4.69) is 5.32 Å². The van der Waals surface area contributed by atoms with Gasteiger partial charge in [0, 0.05) is 12.2 Å². The second-order valence-corrected chi connectivity index (χ2v) is 4.93. The van der Waals surface area contributed by atoms with Gasteiger partial charge < -0.3 is 15.8 Å². The van der Waals surface area contributed by atoms with Gasteiger partial charge in [0.05, 0.1) is 12.0 Å². The first kappa shape index (κ1) is 14.7. The van der Waals surface area contributed by atoms with Crippen LogP contribution in [0.3, 0.4) is 0 Å². The number of anilines is 1. The largest absolute Gasteiger partial charge is 0.399 e. The number of carbonyl (C=O) groups is 1. The van der Waals surface area contributed by atoms with E-state index < -0.39 is 18.4 Å². The van der Waals surface area contributed by atoms with Gasteiger partial charge in [-0.3, -0.25) is 4.79 Å². The normalized spacial score (nSPS) is 16.1. The van der Waals surface area contributed by atoms with Gasteiger partial charge in [-0.05, 0) is 30.5 Å². The Bertz CT molecular complexity index is 459. The Hall–Kier alpha value is -1.69. The monoisotopic (exact) mass is 284 g/mol. The molecule has 0 unspecified atom stereocenters. The number of rotatable bonds is 7. The zero-order valence-electron chi connectivity index (χ0n) is 11.1. The molecule has 4 nitrogen and oxygen atoms in total. The first-order valence-electron chi connectivity index (χ1n) is 6.55. The molecule has 2 rings (SSSR count). The van der Waals surface area contributed by atoms with E-state index in [1.807, 2.05) is 12.1 Å². The molecule has 0 saturated heterocycles. The molecular formula is C14H18F2N2O2. The van der Waals surface area contributed by atoms with Gasteiger partial charge in [0.2, 0.25) is 5.91 Å². The summed E-state index contributed by atoms with van der Waals surface area (Å²) in [5, 5.41) is 2.73. The lowest BCUT2D eigenvalue weighted by molar-refractivity contribution is -0.123. The van der Waals surface area contributed by atoms with E-state index in [1.54, 1.807) is 12.1 Å². The van der Waals surface area contributed by atoms with Crippen LogP contribution < -0.4 is 11.1 Å². The maximum absolute atomic E-state index is 12.2. The van der Waals surface area contributed by atoms with Gasteiger partial charge in [-0.25, -0.2) is 8.78 Å². The molecule has 1 fully saturated rings. The molecule has 0 heterocycles. The highest BCUT2D eigenvalue weighted by Crippen LogP contribution is 2.48. The summed E-state index contributed by atoms with van der Waals surface area (Å²) in [4.78, 5) is 12.2. The van der Waals surface area contributed by atoms with E-state index in [0.717, 1.165) is 18.4 Å². The molecule has 3 N–H and O–H groups in total. The number of nitrogens with one attached hydrogen (secondary N) is 1. The third-order valence-electron chi connectivity index (χ3n) is 3.42. The Morgan fingerprint density at radius 1 is 1.35 bits per heavy atom. The van der Waals surface area contributed by atoms with Crippen LogP contribution in [0.5, 0.6) is 0 Å². The molecule has 0 aliphatic heterocycles. The number of nitrogens with two attached hydrogens (primary N) is 1. The SMILES string of the molecule is Nc1ccc(C2(C(=O)NCCOCC(F)F)CC2)cc1. The van der Waals surface area contributed by atoms with Crippen LogP contribution in [0.2, 0.25) is 0 Å². The number of amides is 1. The summed E-state index contributed by atoms with van der Waals surface area (Å²) in [6.07, 6.45) is -0.892. The van der Waals surface area contributed by atoms with Crippen molar-refractivity contribution in [3.05, 3.63) is 29.8 Å². The predicted octanol–water partition coefficient (Wildman–Crippen LogP) is 1.70. The van der Waals surface area contributed by atoms with Gasteiger partial charge in [-0.2, -0.15) is 0 Å². The third kappa shape index (κ3) is 3.45.